The molecule has 0 fully saturated rings. The average molecular weight is 328 g/mol. The number of rotatable bonds is 3. The maximum atomic E-state index is 13.3. The van der Waals surface area contributed by atoms with E-state index in [1.807, 2.05) is 6.07 Å². The van der Waals surface area contributed by atoms with Crippen LogP contribution in [-0.4, -0.2) is 12.1 Å². The summed E-state index contributed by atoms with van der Waals surface area (Å²) in [5.74, 6) is 0.174. The molecule has 3 aromatic rings. The summed E-state index contributed by atoms with van der Waals surface area (Å²) < 4.78 is 18.5. The van der Waals surface area contributed by atoms with Crippen LogP contribution in [0.4, 0.5) is 15.8 Å². The molecule has 114 valence electrons. The molecule has 23 heavy (non-hydrogen) atoms. The molecular weight excluding hydrogens is 317 g/mol. The highest BCUT2D eigenvalue weighted by Crippen LogP contribution is 2.31. The molecule has 0 aliphatic heterocycles. The van der Waals surface area contributed by atoms with Crippen molar-refractivity contribution in [3.8, 4) is 11.8 Å². The number of anilines is 2. The van der Waals surface area contributed by atoms with Gasteiger partial charge in [0.05, 0.1) is 28.9 Å². The highest BCUT2D eigenvalue weighted by molar-refractivity contribution is 6.31. The molecule has 6 heteroatoms. The minimum absolute atomic E-state index is 0.00791. The van der Waals surface area contributed by atoms with Gasteiger partial charge in [-0.15, -0.1) is 0 Å². The fraction of sp³-hybridized carbons (Fsp3) is 0.0588. The summed E-state index contributed by atoms with van der Waals surface area (Å²) in [4.78, 5) is 4.27. The van der Waals surface area contributed by atoms with Crippen molar-refractivity contribution in [3.63, 3.8) is 0 Å². The van der Waals surface area contributed by atoms with E-state index in [0.717, 1.165) is 5.39 Å². The van der Waals surface area contributed by atoms with Gasteiger partial charge in [0.15, 0.2) is 0 Å². The summed E-state index contributed by atoms with van der Waals surface area (Å²) in [6.07, 6.45) is 1.48. The molecule has 0 saturated carbocycles. The normalized spacial score (nSPS) is 10.3. The number of halogens is 2. The topological polar surface area (TPSA) is 57.9 Å². The monoisotopic (exact) mass is 327 g/mol. The third kappa shape index (κ3) is 2.89. The van der Waals surface area contributed by atoms with Gasteiger partial charge in [0, 0.05) is 23.3 Å². The SMILES string of the molecule is COc1ccc2c(Nc3ccc(F)c(Cl)c3)c(C#N)cnc2c1. The maximum absolute atomic E-state index is 13.3. The van der Waals surface area contributed by atoms with Crippen LogP contribution < -0.4 is 10.1 Å². The van der Waals surface area contributed by atoms with Crippen LogP contribution >= 0.6 is 11.6 Å². The first-order chi connectivity index (χ1) is 11.1. The summed E-state index contributed by atoms with van der Waals surface area (Å²) in [7, 11) is 1.57. The Morgan fingerprint density at radius 1 is 1.26 bits per heavy atom. The Balaban J connectivity index is 2.14. The summed E-state index contributed by atoms with van der Waals surface area (Å²) in [6.45, 7) is 0. The van der Waals surface area contributed by atoms with Crippen LogP contribution in [0.15, 0.2) is 42.6 Å². The van der Waals surface area contributed by atoms with Gasteiger partial charge in [0.2, 0.25) is 0 Å². The highest BCUT2D eigenvalue weighted by atomic mass is 35.5. The number of nitriles is 1. The molecule has 0 bridgehead atoms. The van der Waals surface area contributed by atoms with E-state index in [9.17, 15) is 9.65 Å². The number of nitrogens with zero attached hydrogens (tertiary/aromatic N) is 2. The molecule has 0 spiro atoms. The number of nitrogens with one attached hydrogen (secondary N) is 1. The Labute approximate surface area is 137 Å². The number of aromatic nitrogens is 1. The fourth-order valence-electron chi connectivity index (χ4n) is 2.24. The van der Waals surface area contributed by atoms with Crippen molar-refractivity contribution in [2.75, 3.05) is 12.4 Å². The molecule has 0 radical (unpaired) electrons. The van der Waals surface area contributed by atoms with Gasteiger partial charge >= 0.3 is 0 Å². The standard InChI is InChI=1S/C17H11ClFN3O/c1-23-12-3-4-13-16(7-12)21-9-10(8-20)17(13)22-11-2-5-15(19)14(18)6-11/h2-7,9H,1H3,(H,21,22). The molecule has 0 aliphatic carbocycles. The Hall–Kier alpha value is -2.84. The first kappa shape index (κ1) is 15.1. The van der Waals surface area contributed by atoms with Gasteiger partial charge in [-0.1, -0.05) is 11.6 Å². The zero-order valence-electron chi connectivity index (χ0n) is 12.1. The Bertz CT molecular complexity index is 937. The van der Waals surface area contributed by atoms with Crippen molar-refractivity contribution < 1.29 is 9.13 Å². The lowest BCUT2D eigenvalue weighted by Gasteiger charge is -2.12. The molecule has 0 saturated heterocycles. The minimum atomic E-state index is -0.498. The van der Waals surface area contributed by atoms with E-state index in [1.165, 1.54) is 18.3 Å². The van der Waals surface area contributed by atoms with E-state index in [1.54, 1.807) is 25.3 Å². The summed E-state index contributed by atoms with van der Waals surface area (Å²) in [5, 5.41) is 13.2. The van der Waals surface area contributed by atoms with E-state index in [0.29, 0.717) is 28.2 Å². The predicted octanol–water partition coefficient (Wildman–Crippen LogP) is 4.65. The van der Waals surface area contributed by atoms with Crippen LogP contribution in [0.3, 0.4) is 0 Å². The van der Waals surface area contributed by atoms with Crippen LogP contribution in [0.25, 0.3) is 10.9 Å². The van der Waals surface area contributed by atoms with Gasteiger partial charge in [-0.3, -0.25) is 4.98 Å². The second-order valence-corrected chi connectivity index (χ2v) is 5.20. The van der Waals surface area contributed by atoms with Crippen LogP contribution in [0, 0.1) is 17.1 Å². The second-order valence-electron chi connectivity index (χ2n) is 4.80. The number of hydrogen-bond donors (Lipinski definition) is 1. The predicted molar refractivity (Wildman–Crippen MR) is 87.7 cm³/mol. The highest BCUT2D eigenvalue weighted by Gasteiger charge is 2.11. The zero-order chi connectivity index (χ0) is 16.4. The Morgan fingerprint density at radius 3 is 2.78 bits per heavy atom. The molecule has 1 aromatic heterocycles. The van der Waals surface area contributed by atoms with E-state index < -0.39 is 5.82 Å². The maximum Gasteiger partial charge on any atom is 0.141 e. The minimum Gasteiger partial charge on any atom is -0.497 e. The lowest BCUT2D eigenvalue weighted by molar-refractivity contribution is 0.415. The zero-order valence-corrected chi connectivity index (χ0v) is 12.9. The van der Waals surface area contributed by atoms with Crippen molar-refractivity contribution >= 4 is 33.9 Å². The van der Waals surface area contributed by atoms with Gasteiger partial charge in [-0.2, -0.15) is 5.26 Å². The number of hydrogen-bond acceptors (Lipinski definition) is 4. The van der Waals surface area contributed by atoms with Gasteiger partial charge in [-0.05, 0) is 30.3 Å². The van der Waals surface area contributed by atoms with Gasteiger partial charge in [0.25, 0.3) is 0 Å². The lowest BCUT2D eigenvalue weighted by Crippen LogP contribution is -1.97. The largest absolute Gasteiger partial charge is 0.497 e. The summed E-state index contributed by atoms with van der Waals surface area (Å²) >= 11 is 5.80. The fourth-order valence-corrected chi connectivity index (χ4v) is 2.42. The smallest absolute Gasteiger partial charge is 0.141 e. The Kier molecular flexibility index (Phi) is 4.00. The second kappa shape index (κ2) is 6.11. The van der Waals surface area contributed by atoms with E-state index in [2.05, 4.69) is 16.4 Å². The van der Waals surface area contributed by atoms with Crippen LogP contribution in [0.1, 0.15) is 5.56 Å². The van der Waals surface area contributed by atoms with Crippen LogP contribution in [-0.2, 0) is 0 Å². The van der Waals surface area contributed by atoms with Crippen LogP contribution in [0.2, 0.25) is 5.02 Å². The third-order valence-corrected chi connectivity index (χ3v) is 3.68. The van der Waals surface area contributed by atoms with Crippen molar-refractivity contribution in [2.45, 2.75) is 0 Å². The quantitative estimate of drug-likeness (QED) is 0.760. The number of fused-ring (bicyclic) bond motifs is 1. The lowest BCUT2D eigenvalue weighted by atomic mass is 10.1. The van der Waals surface area contributed by atoms with Crippen molar-refractivity contribution in [1.29, 1.82) is 5.26 Å². The molecule has 0 amide bonds. The number of ether oxygens (including phenoxy) is 1. The summed E-state index contributed by atoms with van der Waals surface area (Å²) in [5.41, 5.74) is 2.22. The number of benzene rings is 2. The van der Waals surface area contributed by atoms with E-state index in [4.69, 9.17) is 16.3 Å². The first-order valence-corrected chi connectivity index (χ1v) is 7.09. The molecule has 1 N–H and O–H groups in total. The Morgan fingerprint density at radius 2 is 2.09 bits per heavy atom. The van der Waals surface area contributed by atoms with E-state index >= 15 is 0 Å². The van der Waals surface area contributed by atoms with E-state index in [-0.39, 0.29) is 5.02 Å². The molecule has 0 aliphatic rings. The first-order valence-electron chi connectivity index (χ1n) is 6.71. The molecule has 1 heterocycles. The number of pyridine rings is 1. The average Bonchev–Trinajstić information content (AvgIpc) is 2.58. The van der Waals surface area contributed by atoms with Crippen molar-refractivity contribution in [1.82, 2.24) is 4.98 Å². The van der Waals surface area contributed by atoms with Crippen molar-refractivity contribution in [2.24, 2.45) is 0 Å². The van der Waals surface area contributed by atoms with Crippen molar-refractivity contribution in [3.05, 3.63) is 59.0 Å². The molecule has 0 atom stereocenters. The molecule has 4 nitrogen and oxygen atoms in total. The third-order valence-electron chi connectivity index (χ3n) is 3.39. The molecule has 3 rings (SSSR count). The van der Waals surface area contributed by atoms with Gasteiger partial charge in [0.1, 0.15) is 17.6 Å². The molecular formula is C17H11ClFN3O. The summed E-state index contributed by atoms with van der Waals surface area (Å²) in [6, 6.07) is 11.8. The molecule has 0 unspecified atom stereocenters. The van der Waals surface area contributed by atoms with Gasteiger partial charge < -0.3 is 10.1 Å². The van der Waals surface area contributed by atoms with Gasteiger partial charge in [-0.25, -0.2) is 4.39 Å². The molecule has 2 aromatic carbocycles. The van der Waals surface area contributed by atoms with Crippen LogP contribution in [0.5, 0.6) is 5.75 Å². The number of methoxy groups -OCH3 is 1.